The molecule has 3 heterocycles. The van der Waals surface area contributed by atoms with Crippen molar-refractivity contribution in [3.05, 3.63) is 81.7 Å². The van der Waals surface area contributed by atoms with Crippen molar-refractivity contribution in [1.82, 2.24) is 4.98 Å². The van der Waals surface area contributed by atoms with E-state index in [1.54, 1.807) is 49.6 Å². The first-order valence-electron chi connectivity index (χ1n) is 11.6. The van der Waals surface area contributed by atoms with Crippen LogP contribution in [0.1, 0.15) is 27.7 Å². The molecule has 0 aliphatic carbocycles. The van der Waals surface area contributed by atoms with E-state index in [0.29, 0.717) is 50.2 Å². The van der Waals surface area contributed by atoms with Gasteiger partial charge in [-0.2, -0.15) is 0 Å². The van der Waals surface area contributed by atoms with Gasteiger partial charge in [0.1, 0.15) is 11.3 Å². The molecule has 0 saturated carbocycles. The Labute approximate surface area is 220 Å². The molecule has 1 aliphatic heterocycles. The van der Waals surface area contributed by atoms with Crippen LogP contribution < -0.4 is 29.3 Å². The van der Waals surface area contributed by atoms with Gasteiger partial charge >= 0.3 is 0 Å². The fourth-order valence-corrected chi connectivity index (χ4v) is 5.84. The van der Waals surface area contributed by atoms with E-state index in [4.69, 9.17) is 28.3 Å². The molecule has 0 N–H and O–H groups in total. The maximum Gasteiger partial charge on any atom is 0.297 e. The van der Waals surface area contributed by atoms with Crippen LogP contribution in [-0.2, 0) is 0 Å². The Kier molecular flexibility index (Phi) is 5.68. The molecule has 0 spiro atoms. The van der Waals surface area contributed by atoms with Crippen molar-refractivity contribution in [2.75, 3.05) is 33.3 Å². The topological polar surface area (TPSA) is 100 Å². The van der Waals surface area contributed by atoms with Gasteiger partial charge in [0.05, 0.1) is 55.6 Å². The fraction of sp³-hybridized carbons (Fsp3) is 0.179. The third-order valence-corrected chi connectivity index (χ3v) is 7.59. The minimum Gasteiger partial charge on any atom is -0.497 e. The van der Waals surface area contributed by atoms with Crippen LogP contribution >= 0.6 is 11.3 Å². The first-order valence-corrected chi connectivity index (χ1v) is 12.4. The maximum atomic E-state index is 14.0. The van der Waals surface area contributed by atoms with E-state index < -0.39 is 11.9 Å². The Morgan fingerprint density at radius 2 is 1.63 bits per heavy atom. The third kappa shape index (κ3) is 3.48. The smallest absolute Gasteiger partial charge is 0.297 e. The number of carbonyl (C=O) groups is 1. The van der Waals surface area contributed by atoms with E-state index in [0.717, 1.165) is 4.70 Å². The molecule has 0 unspecified atom stereocenters. The number of fused-ring (bicyclic) bond motifs is 3. The predicted molar refractivity (Wildman–Crippen MR) is 143 cm³/mol. The molecule has 0 saturated heterocycles. The lowest BCUT2D eigenvalue weighted by atomic mass is 9.98. The summed E-state index contributed by atoms with van der Waals surface area (Å²) >= 11 is 1.32. The van der Waals surface area contributed by atoms with Gasteiger partial charge < -0.3 is 23.4 Å². The van der Waals surface area contributed by atoms with E-state index >= 15 is 0 Å². The molecule has 192 valence electrons. The van der Waals surface area contributed by atoms with Crippen LogP contribution in [0.4, 0.5) is 5.13 Å². The lowest BCUT2D eigenvalue weighted by Gasteiger charge is -2.24. The van der Waals surface area contributed by atoms with E-state index in [1.807, 2.05) is 12.1 Å². The Morgan fingerprint density at radius 3 is 2.32 bits per heavy atom. The number of hydrogen-bond donors (Lipinski definition) is 0. The second-order valence-corrected chi connectivity index (χ2v) is 9.55. The molecule has 3 aromatic carbocycles. The molecule has 0 bridgehead atoms. The number of nitrogens with zero attached hydrogens (tertiary/aromatic N) is 2. The minimum atomic E-state index is -0.852. The summed E-state index contributed by atoms with van der Waals surface area (Å²) in [6, 6.07) is 15.0. The summed E-state index contributed by atoms with van der Waals surface area (Å²) in [6.45, 7) is 0. The molecule has 9 nitrogen and oxygen atoms in total. The Hall–Kier alpha value is -4.57. The largest absolute Gasteiger partial charge is 0.497 e. The van der Waals surface area contributed by atoms with Crippen molar-refractivity contribution in [3.63, 3.8) is 0 Å². The molecule has 1 aliphatic rings. The van der Waals surface area contributed by atoms with Crippen LogP contribution in [0.2, 0.25) is 0 Å². The lowest BCUT2D eigenvalue weighted by molar-refractivity contribution is 0.0971. The lowest BCUT2D eigenvalue weighted by Crippen LogP contribution is -2.29. The molecule has 1 amide bonds. The van der Waals surface area contributed by atoms with Crippen LogP contribution in [0.3, 0.4) is 0 Å². The number of aromatic nitrogens is 1. The second kappa shape index (κ2) is 9.07. The summed E-state index contributed by atoms with van der Waals surface area (Å²) in [5, 5.41) is 0.791. The number of thiazole rings is 1. The summed E-state index contributed by atoms with van der Waals surface area (Å²) in [5.41, 5.74) is 1.54. The summed E-state index contributed by atoms with van der Waals surface area (Å²) in [4.78, 5) is 34.0. The van der Waals surface area contributed by atoms with E-state index in [-0.39, 0.29) is 16.8 Å². The molecule has 0 fully saturated rings. The fourth-order valence-electron chi connectivity index (χ4n) is 4.81. The first-order chi connectivity index (χ1) is 18.5. The molecule has 38 heavy (non-hydrogen) atoms. The van der Waals surface area contributed by atoms with E-state index in [9.17, 15) is 9.59 Å². The Morgan fingerprint density at radius 1 is 0.895 bits per heavy atom. The number of ether oxygens (including phenoxy) is 4. The molecule has 5 aromatic rings. The van der Waals surface area contributed by atoms with Crippen LogP contribution in [0.5, 0.6) is 23.0 Å². The normalized spacial score (nSPS) is 14.7. The Bertz CT molecular complexity index is 1770. The average Bonchev–Trinajstić information content (AvgIpc) is 3.50. The van der Waals surface area contributed by atoms with Gasteiger partial charge in [-0.3, -0.25) is 14.5 Å². The van der Waals surface area contributed by atoms with Gasteiger partial charge in [-0.25, -0.2) is 4.98 Å². The van der Waals surface area contributed by atoms with Crippen molar-refractivity contribution in [1.29, 1.82) is 0 Å². The summed E-state index contributed by atoms with van der Waals surface area (Å²) in [6.07, 6.45) is 0. The monoisotopic (exact) mass is 530 g/mol. The number of hydrogen-bond acceptors (Lipinski definition) is 9. The van der Waals surface area contributed by atoms with Crippen molar-refractivity contribution in [2.24, 2.45) is 0 Å². The average molecular weight is 531 g/mol. The molecular formula is C28H22N2O7S. The number of para-hydroxylation sites is 1. The van der Waals surface area contributed by atoms with Crippen LogP contribution in [0.15, 0.2) is 63.8 Å². The molecule has 10 heteroatoms. The van der Waals surface area contributed by atoms with Gasteiger partial charge in [0.25, 0.3) is 5.91 Å². The van der Waals surface area contributed by atoms with E-state index in [2.05, 4.69) is 0 Å². The van der Waals surface area contributed by atoms with Gasteiger partial charge in [0, 0.05) is 0 Å². The highest BCUT2D eigenvalue weighted by Crippen LogP contribution is 2.47. The quantitative estimate of drug-likeness (QED) is 0.296. The highest BCUT2D eigenvalue weighted by Gasteiger charge is 2.45. The molecule has 2 aromatic heterocycles. The summed E-state index contributed by atoms with van der Waals surface area (Å²) < 4.78 is 28.9. The molecule has 1 atom stereocenters. The van der Waals surface area contributed by atoms with Crippen LogP contribution in [-0.4, -0.2) is 39.3 Å². The molecular weight excluding hydrogens is 508 g/mol. The maximum absolute atomic E-state index is 14.0. The van der Waals surface area contributed by atoms with Gasteiger partial charge in [-0.1, -0.05) is 23.5 Å². The van der Waals surface area contributed by atoms with Crippen LogP contribution in [0.25, 0.3) is 21.2 Å². The second-order valence-electron chi connectivity index (χ2n) is 8.54. The first kappa shape index (κ1) is 23.8. The zero-order chi connectivity index (χ0) is 26.6. The van der Waals surface area contributed by atoms with Gasteiger partial charge in [0.15, 0.2) is 22.1 Å². The van der Waals surface area contributed by atoms with Gasteiger partial charge in [0.2, 0.25) is 11.5 Å². The van der Waals surface area contributed by atoms with Crippen LogP contribution in [0, 0.1) is 0 Å². The zero-order valence-electron chi connectivity index (χ0n) is 20.9. The van der Waals surface area contributed by atoms with Crippen molar-refractivity contribution in [3.8, 4) is 23.0 Å². The van der Waals surface area contributed by atoms with Gasteiger partial charge in [-0.15, -0.1) is 0 Å². The summed E-state index contributed by atoms with van der Waals surface area (Å²) in [5.74, 6) is 1.36. The van der Waals surface area contributed by atoms with Gasteiger partial charge in [-0.05, 0) is 48.0 Å². The van der Waals surface area contributed by atoms with Crippen molar-refractivity contribution < 1.29 is 28.2 Å². The number of amides is 1. The minimum absolute atomic E-state index is 0.0238. The SMILES string of the molecule is COc1ccc2nc(N3C(=O)c4oc5ccccc5c(=O)c4[C@@H]3c3cc(OC)c(OC)c(OC)c3)sc2c1. The predicted octanol–water partition coefficient (Wildman–Crippen LogP) is 5.19. The van der Waals surface area contributed by atoms with Crippen molar-refractivity contribution >= 4 is 43.6 Å². The highest BCUT2D eigenvalue weighted by atomic mass is 32.1. The highest BCUT2D eigenvalue weighted by molar-refractivity contribution is 7.22. The third-order valence-electron chi connectivity index (χ3n) is 6.57. The number of methoxy groups -OCH3 is 4. The number of rotatable bonds is 6. The van der Waals surface area contributed by atoms with E-state index in [1.165, 1.54) is 37.6 Å². The number of benzene rings is 3. The molecule has 0 radical (unpaired) electrons. The standard InChI is InChI=1S/C28H22N2O7S/c1-33-15-9-10-17-21(13-15)38-28(29-17)30-23(14-11-19(34-2)25(36-4)20(12-14)35-3)22-24(31)16-7-5-6-8-18(16)37-26(22)27(30)32/h5-13,23H,1-4H3/t23-/m0/s1. The number of carbonyl (C=O) groups excluding carboxylic acids is 1. The Balaban J connectivity index is 1.64. The zero-order valence-corrected chi connectivity index (χ0v) is 21.8. The summed E-state index contributed by atoms with van der Waals surface area (Å²) in [7, 11) is 6.12. The molecule has 6 rings (SSSR count). The number of anilines is 1. The van der Waals surface area contributed by atoms with Crippen molar-refractivity contribution in [2.45, 2.75) is 6.04 Å².